The maximum Gasteiger partial charge on any atom is 0.244 e. The highest BCUT2D eigenvalue weighted by atomic mass is 16.2. The molecule has 1 heterocycles. The number of nitrogens with one attached hydrogen (secondary N) is 1. The molecule has 1 amide bonds. The minimum absolute atomic E-state index is 0.0106. The number of benzene rings is 1. The fourth-order valence-electron chi connectivity index (χ4n) is 2.30. The second kappa shape index (κ2) is 5.40. The summed E-state index contributed by atoms with van der Waals surface area (Å²) >= 11 is 0. The van der Waals surface area contributed by atoms with Crippen LogP contribution in [-0.2, 0) is 4.79 Å². The van der Waals surface area contributed by atoms with E-state index in [-0.39, 0.29) is 11.9 Å². The van der Waals surface area contributed by atoms with E-state index in [2.05, 4.69) is 10.2 Å². The predicted octanol–water partition coefficient (Wildman–Crippen LogP) is 1.47. The first-order valence-electron chi connectivity index (χ1n) is 6.45. The molecular weight excluding hydrogens is 226 g/mol. The van der Waals surface area contributed by atoms with Gasteiger partial charge >= 0.3 is 0 Å². The van der Waals surface area contributed by atoms with Crippen molar-refractivity contribution in [2.75, 3.05) is 37.0 Å². The van der Waals surface area contributed by atoms with Crippen LogP contribution in [0.3, 0.4) is 0 Å². The molecule has 4 nitrogen and oxygen atoms in total. The van der Waals surface area contributed by atoms with Gasteiger partial charge in [-0.15, -0.1) is 0 Å². The molecule has 1 saturated heterocycles. The summed E-state index contributed by atoms with van der Waals surface area (Å²) < 4.78 is 0. The van der Waals surface area contributed by atoms with E-state index in [0.717, 1.165) is 30.9 Å². The maximum atomic E-state index is 12.2. The maximum absolute atomic E-state index is 12.2. The van der Waals surface area contributed by atoms with Crippen molar-refractivity contribution in [3.63, 3.8) is 0 Å². The third-order valence-electron chi connectivity index (χ3n) is 3.33. The molecule has 0 spiro atoms. The van der Waals surface area contributed by atoms with Crippen LogP contribution in [-0.4, -0.2) is 39.1 Å². The van der Waals surface area contributed by atoms with Crippen molar-refractivity contribution >= 4 is 17.3 Å². The Morgan fingerprint density at radius 3 is 2.56 bits per heavy atom. The first-order chi connectivity index (χ1) is 8.63. The smallest absolute Gasteiger partial charge is 0.244 e. The third-order valence-corrected chi connectivity index (χ3v) is 3.33. The summed E-state index contributed by atoms with van der Waals surface area (Å²) in [5, 5.41) is 3.22. The third kappa shape index (κ3) is 2.48. The van der Waals surface area contributed by atoms with Crippen LogP contribution in [0.4, 0.5) is 11.4 Å². The largest absolute Gasteiger partial charge is 0.378 e. The van der Waals surface area contributed by atoms with E-state index in [9.17, 15) is 4.79 Å². The fourth-order valence-corrected chi connectivity index (χ4v) is 2.30. The summed E-state index contributed by atoms with van der Waals surface area (Å²) in [5.74, 6) is 0.189. The molecule has 1 fully saturated rings. The van der Waals surface area contributed by atoms with E-state index in [4.69, 9.17) is 0 Å². The fraction of sp³-hybridized carbons (Fsp3) is 0.500. The molecule has 1 aromatic carbocycles. The average molecular weight is 247 g/mol. The van der Waals surface area contributed by atoms with Gasteiger partial charge in [0.15, 0.2) is 0 Å². The van der Waals surface area contributed by atoms with Gasteiger partial charge in [0.2, 0.25) is 5.91 Å². The molecule has 1 aliphatic rings. The van der Waals surface area contributed by atoms with Gasteiger partial charge in [-0.2, -0.15) is 0 Å². The molecule has 1 atom stereocenters. The highest BCUT2D eigenvalue weighted by Gasteiger charge is 2.31. The number of likely N-dealkylation sites (N-methyl/N-ethyl adjacent to an activating group) is 1. The molecule has 0 aliphatic carbocycles. The Bertz CT molecular complexity index is 414. The van der Waals surface area contributed by atoms with Gasteiger partial charge in [0, 0.05) is 32.0 Å². The zero-order chi connectivity index (χ0) is 13.1. The van der Waals surface area contributed by atoms with Crippen molar-refractivity contribution in [2.45, 2.75) is 19.4 Å². The Labute approximate surface area is 109 Å². The number of carbonyl (C=O) groups is 1. The molecule has 98 valence electrons. The molecule has 1 unspecified atom stereocenters. The van der Waals surface area contributed by atoms with Gasteiger partial charge in [0.25, 0.3) is 0 Å². The summed E-state index contributed by atoms with van der Waals surface area (Å²) in [5.41, 5.74) is 2.14. The molecule has 1 aromatic rings. The molecule has 0 bridgehead atoms. The molecule has 1 N–H and O–H groups in total. The van der Waals surface area contributed by atoms with E-state index in [1.165, 1.54) is 0 Å². The van der Waals surface area contributed by atoms with Crippen LogP contribution in [0.15, 0.2) is 24.3 Å². The van der Waals surface area contributed by atoms with Crippen molar-refractivity contribution in [1.29, 1.82) is 0 Å². The van der Waals surface area contributed by atoms with Crippen LogP contribution < -0.4 is 15.1 Å². The van der Waals surface area contributed by atoms with Crippen LogP contribution in [0.25, 0.3) is 0 Å². The lowest BCUT2D eigenvalue weighted by Gasteiger charge is -2.19. The Hall–Kier alpha value is -1.55. The normalized spacial score (nSPS) is 19.4. The number of rotatable bonds is 4. The van der Waals surface area contributed by atoms with Gasteiger partial charge in [0.1, 0.15) is 0 Å². The van der Waals surface area contributed by atoms with Crippen LogP contribution in [0, 0.1) is 0 Å². The Balaban J connectivity index is 2.11. The van der Waals surface area contributed by atoms with Crippen LogP contribution in [0.2, 0.25) is 0 Å². The summed E-state index contributed by atoms with van der Waals surface area (Å²) in [4.78, 5) is 16.1. The summed E-state index contributed by atoms with van der Waals surface area (Å²) in [6.45, 7) is 3.67. The van der Waals surface area contributed by atoms with Gasteiger partial charge in [-0.1, -0.05) is 6.92 Å². The monoisotopic (exact) mass is 247 g/mol. The Kier molecular flexibility index (Phi) is 3.87. The SMILES string of the molecule is CCNC1CCN(c2ccc(N(C)C)cc2)C1=O. The van der Waals surface area contributed by atoms with Crippen molar-refractivity contribution in [1.82, 2.24) is 5.32 Å². The number of hydrogen-bond donors (Lipinski definition) is 1. The number of hydrogen-bond acceptors (Lipinski definition) is 3. The molecule has 2 rings (SSSR count). The second-order valence-electron chi connectivity index (χ2n) is 4.80. The molecule has 4 heteroatoms. The van der Waals surface area contributed by atoms with Gasteiger partial charge in [-0.3, -0.25) is 4.79 Å². The Morgan fingerprint density at radius 2 is 2.00 bits per heavy atom. The van der Waals surface area contributed by atoms with E-state index in [1.807, 2.05) is 50.2 Å². The van der Waals surface area contributed by atoms with Crippen molar-refractivity contribution in [3.8, 4) is 0 Å². The minimum atomic E-state index is -0.0106. The van der Waals surface area contributed by atoms with Gasteiger partial charge in [-0.05, 0) is 37.2 Å². The second-order valence-corrected chi connectivity index (χ2v) is 4.80. The van der Waals surface area contributed by atoms with E-state index >= 15 is 0 Å². The van der Waals surface area contributed by atoms with Gasteiger partial charge in [0.05, 0.1) is 6.04 Å². The predicted molar refractivity (Wildman–Crippen MR) is 75.2 cm³/mol. The van der Waals surface area contributed by atoms with E-state index in [0.29, 0.717) is 0 Å². The van der Waals surface area contributed by atoms with Gasteiger partial charge in [-0.25, -0.2) is 0 Å². The summed E-state index contributed by atoms with van der Waals surface area (Å²) in [7, 11) is 4.02. The van der Waals surface area contributed by atoms with E-state index in [1.54, 1.807) is 0 Å². The molecule has 18 heavy (non-hydrogen) atoms. The lowest BCUT2D eigenvalue weighted by Crippen LogP contribution is -2.38. The van der Waals surface area contributed by atoms with Gasteiger partial charge < -0.3 is 15.1 Å². The number of nitrogens with zero attached hydrogens (tertiary/aromatic N) is 2. The van der Waals surface area contributed by atoms with Crippen molar-refractivity contribution < 1.29 is 4.79 Å². The van der Waals surface area contributed by atoms with Crippen LogP contribution in [0.5, 0.6) is 0 Å². The number of anilines is 2. The highest BCUT2D eigenvalue weighted by Crippen LogP contribution is 2.24. The number of carbonyl (C=O) groups excluding carboxylic acids is 1. The summed E-state index contributed by atoms with van der Waals surface area (Å²) in [6, 6.07) is 8.11. The molecular formula is C14H21N3O. The zero-order valence-electron chi connectivity index (χ0n) is 11.3. The minimum Gasteiger partial charge on any atom is -0.378 e. The van der Waals surface area contributed by atoms with Crippen molar-refractivity contribution in [3.05, 3.63) is 24.3 Å². The number of amides is 1. The van der Waals surface area contributed by atoms with E-state index < -0.39 is 0 Å². The average Bonchev–Trinajstić information content (AvgIpc) is 2.72. The van der Waals surface area contributed by atoms with Crippen LogP contribution >= 0.6 is 0 Å². The first-order valence-corrected chi connectivity index (χ1v) is 6.45. The molecule has 0 aromatic heterocycles. The molecule has 0 saturated carbocycles. The topological polar surface area (TPSA) is 35.6 Å². The first kappa shape index (κ1) is 12.9. The highest BCUT2D eigenvalue weighted by molar-refractivity contribution is 5.99. The zero-order valence-corrected chi connectivity index (χ0v) is 11.3. The summed E-state index contributed by atoms with van der Waals surface area (Å²) in [6.07, 6.45) is 0.891. The Morgan fingerprint density at radius 1 is 1.33 bits per heavy atom. The standard InChI is InChI=1S/C14H21N3O/c1-4-15-13-9-10-17(14(13)18)12-7-5-11(6-8-12)16(2)3/h5-8,13,15H,4,9-10H2,1-3H3. The quantitative estimate of drug-likeness (QED) is 0.875. The van der Waals surface area contributed by atoms with Crippen LogP contribution in [0.1, 0.15) is 13.3 Å². The lowest BCUT2D eigenvalue weighted by molar-refractivity contribution is -0.118. The lowest BCUT2D eigenvalue weighted by atomic mass is 10.2. The van der Waals surface area contributed by atoms with Crippen molar-refractivity contribution in [2.24, 2.45) is 0 Å². The molecule has 1 aliphatic heterocycles. The molecule has 0 radical (unpaired) electrons.